The summed E-state index contributed by atoms with van der Waals surface area (Å²) in [5.41, 5.74) is 0. The van der Waals surface area contributed by atoms with E-state index >= 15 is 0 Å². The van der Waals surface area contributed by atoms with Crippen molar-refractivity contribution < 1.29 is 18.0 Å². The molecular weight excluding hydrogens is 318 g/mol. The van der Waals surface area contributed by atoms with E-state index in [4.69, 9.17) is 0 Å². The van der Waals surface area contributed by atoms with E-state index < -0.39 is 10.0 Å². The number of likely N-dealkylation sites (tertiary alicyclic amines) is 1. The third-order valence-electron chi connectivity index (χ3n) is 4.46. The van der Waals surface area contributed by atoms with Gasteiger partial charge in [0.25, 0.3) is 0 Å². The molecule has 132 valence electrons. The molecule has 2 fully saturated rings. The molecule has 0 bridgehead atoms. The maximum absolute atomic E-state index is 12.6. The zero-order chi connectivity index (χ0) is 17.0. The van der Waals surface area contributed by atoms with Crippen molar-refractivity contribution in [1.82, 2.24) is 14.1 Å². The van der Waals surface area contributed by atoms with Gasteiger partial charge in [-0.1, -0.05) is 13.8 Å². The third kappa shape index (κ3) is 4.23. The Labute approximate surface area is 138 Å². The molecular formula is C15H27N3O4S. The van der Waals surface area contributed by atoms with Crippen LogP contribution >= 0.6 is 0 Å². The van der Waals surface area contributed by atoms with Gasteiger partial charge < -0.3 is 9.80 Å². The Morgan fingerprint density at radius 1 is 1.13 bits per heavy atom. The van der Waals surface area contributed by atoms with Gasteiger partial charge in [0.1, 0.15) is 0 Å². The van der Waals surface area contributed by atoms with Gasteiger partial charge in [0.2, 0.25) is 21.8 Å². The van der Waals surface area contributed by atoms with E-state index in [1.165, 1.54) is 4.31 Å². The van der Waals surface area contributed by atoms with Crippen LogP contribution in [0, 0.1) is 5.92 Å². The Balaban J connectivity index is 1.88. The molecule has 2 rings (SSSR count). The van der Waals surface area contributed by atoms with E-state index in [0.717, 1.165) is 6.42 Å². The van der Waals surface area contributed by atoms with Crippen molar-refractivity contribution in [2.24, 2.45) is 5.92 Å². The molecule has 0 N–H and O–H groups in total. The molecule has 0 aliphatic carbocycles. The van der Waals surface area contributed by atoms with E-state index in [9.17, 15) is 18.0 Å². The van der Waals surface area contributed by atoms with Gasteiger partial charge in [-0.3, -0.25) is 9.59 Å². The monoisotopic (exact) mass is 345 g/mol. The summed E-state index contributed by atoms with van der Waals surface area (Å²) in [6.45, 7) is 6.60. The predicted molar refractivity (Wildman–Crippen MR) is 87.2 cm³/mol. The number of amides is 2. The lowest BCUT2D eigenvalue weighted by molar-refractivity contribution is -0.137. The summed E-state index contributed by atoms with van der Waals surface area (Å²) >= 11 is 0. The van der Waals surface area contributed by atoms with Gasteiger partial charge in [0.15, 0.2) is 0 Å². The van der Waals surface area contributed by atoms with Crippen molar-refractivity contribution in [1.29, 1.82) is 0 Å². The van der Waals surface area contributed by atoms with Crippen molar-refractivity contribution in [3.63, 3.8) is 0 Å². The molecule has 1 atom stereocenters. The Morgan fingerprint density at radius 2 is 1.78 bits per heavy atom. The van der Waals surface area contributed by atoms with Crippen molar-refractivity contribution >= 4 is 21.8 Å². The van der Waals surface area contributed by atoms with Gasteiger partial charge in [0.05, 0.1) is 11.7 Å². The van der Waals surface area contributed by atoms with Gasteiger partial charge in [-0.15, -0.1) is 0 Å². The minimum Gasteiger partial charge on any atom is -0.342 e. The van der Waals surface area contributed by atoms with Gasteiger partial charge in [0, 0.05) is 45.7 Å². The van der Waals surface area contributed by atoms with E-state index in [1.54, 1.807) is 9.80 Å². The smallest absolute Gasteiger partial charge is 0.228 e. The molecule has 2 amide bonds. The summed E-state index contributed by atoms with van der Waals surface area (Å²) < 4.78 is 25.6. The Hall–Kier alpha value is -1.15. The van der Waals surface area contributed by atoms with E-state index in [0.29, 0.717) is 45.7 Å². The van der Waals surface area contributed by atoms with Crippen LogP contribution in [0.5, 0.6) is 0 Å². The van der Waals surface area contributed by atoms with E-state index in [1.807, 2.05) is 13.8 Å². The van der Waals surface area contributed by atoms with Crippen molar-refractivity contribution in [2.75, 3.05) is 45.0 Å². The van der Waals surface area contributed by atoms with Crippen LogP contribution in [0.25, 0.3) is 0 Å². The second kappa shape index (κ2) is 7.61. The van der Waals surface area contributed by atoms with Crippen LogP contribution in [0.1, 0.15) is 33.1 Å². The molecule has 1 unspecified atom stereocenters. The number of hydrogen-bond acceptors (Lipinski definition) is 4. The number of carbonyl (C=O) groups is 2. The fourth-order valence-electron chi connectivity index (χ4n) is 3.26. The van der Waals surface area contributed by atoms with Crippen molar-refractivity contribution in [3.05, 3.63) is 0 Å². The van der Waals surface area contributed by atoms with Crippen LogP contribution in [-0.2, 0) is 19.6 Å². The molecule has 23 heavy (non-hydrogen) atoms. The van der Waals surface area contributed by atoms with Gasteiger partial charge in [-0.25, -0.2) is 8.42 Å². The van der Waals surface area contributed by atoms with Crippen molar-refractivity contribution in [2.45, 2.75) is 33.1 Å². The normalized spacial score (nSPS) is 23.6. The molecule has 2 saturated heterocycles. The lowest BCUT2D eigenvalue weighted by Crippen LogP contribution is -2.52. The highest BCUT2D eigenvalue weighted by atomic mass is 32.2. The first-order valence-electron chi connectivity index (χ1n) is 8.43. The molecule has 0 aromatic rings. The van der Waals surface area contributed by atoms with Gasteiger partial charge in [-0.2, -0.15) is 4.31 Å². The SMILES string of the molecule is CCCN1CC(C(=O)N2CCN(S(=O)(=O)CCC)CC2)CC1=O. The van der Waals surface area contributed by atoms with Gasteiger partial charge >= 0.3 is 0 Å². The molecule has 2 aliphatic rings. The average Bonchev–Trinajstić information content (AvgIpc) is 2.88. The molecule has 0 saturated carbocycles. The Bertz CT molecular complexity index is 541. The van der Waals surface area contributed by atoms with Crippen LogP contribution in [0.2, 0.25) is 0 Å². The number of nitrogens with zero attached hydrogens (tertiary/aromatic N) is 3. The molecule has 2 heterocycles. The number of hydrogen-bond donors (Lipinski definition) is 0. The third-order valence-corrected chi connectivity index (χ3v) is 6.54. The zero-order valence-corrected chi connectivity index (χ0v) is 14.8. The van der Waals surface area contributed by atoms with Crippen LogP contribution in [0.15, 0.2) is 0 Å². The van der Waals surface area contributed by atoms with Crippen LogP contribution in [0.4, 0.5) is 0 Å². The second-order valence-electron chi connectivity index (χ2n) is 6.28. The number of piperazine rings is 1. The van der Waals surface area contributed by atoms with Gasteiger partial charge in [-0.05, 0) is 12.8 Å². The highest BCUT2D eigenvalue weighted by molar-refractivity contribution is 7.89. The zero-order valence-electron chi connectivity index (χ0n) is 14.0. The standard InChI is InChI=1S/C15H27N3O4S/c1-3-5-17-12-13(11-14(17)19)15(20)16-6-8-18(9-7-16)23(21,22)10-4-2/h13H,3-12H2,1-2H3. The summed E-state index contributed by atoms with van der Waals surface area (Å²) in [6, 6.07) is 0. The van der Waals surface area contributed by atoms with Crippen LogP contribution < -0.4 is 0 Å². The molecule has 0 radical (unpaired) electrons. The molecule has 8 heteroatoms. The second-order valence-corrected chi connectivity index (χ2v) is 8.37. The summed E-state index contributed by atoms with van der Waals surface area (Å²) in [5, 5.41) is 0. The lowest BCUT2D eigenvalue weighted by Gasteiger charge is -2.35. The fraction of sp³-hybridized carbons (Fsp3) is 0.867. The maximum atomic E-state index is 12.6. The summed E-state index contributed by atoms with van der Waals surface area (Å²) in [6.07, 6.45) is 1.77. The predicted octanol–water partition coefficient (Wildman–Crippen LogP) is 0.129. The topological polar surface area (TPSA) is 78.0 Å². The number of sulfonamides is 1. The first-order chi connectivity index (χ1) is 10.9. The molecule has 2 aliphatic heterocycles. The average molecular weight is 345 g/mol. The number of carbonyl (C=O) groups excluding carboxylic acids is 2. The summed E-state index contributed by atoms with van der Waals surface area (Å²) in [5.74, 6) is -0.0731. The highest BCUT2D eigenvalue weighted by Gasteiger charge is 2.37. The fourth-order valence-corrected chi connectivity index (χ4v) is 4.75. The quantitative estimate of drug-likeness (QED) is 0.685. The van der Waals surface area contributed by atoms with E-state index in [-0.39, 0.29) is 29.9 Å². The van der Waals surface area contributed by atoms with E-state index in [2.05, 4.69) is 0 Å². The summed E-state index contributed by atoms with van der Waals surface area (Å²) in [7, 11) is -3.19. The highest BCUT2D eigenvalue weighted by Crippen LogP contribution is 2.21. The first kappa shape index (κ1) is 18.2. The molecule has 0 aromatic heterocycles. The minimum atomic E-state index is -3.19. The van der Waals surface area contributed by atoms with Crippen LogP contribution in [0.3, 0.4) is 0 Å². The Kier molecular flexibility index (Phi) is 6.02. The molecule has 0 spiro atoms. The Morgan fingerprint density at radius 3 is 2.35 bits per heavy atom. The van der Waals surface area contributed by atoms with Crippen LogP contribution in [-0.4, -0.2) is 79.4 Å². The molecule has 0 aromatic carbocycles. The molecule has 7 nitrogen and oxygen atoms in total. The van der Waals surface area contributed by atoms with Crippen molar-refractivity contribution in [3.8, 4) is 0 Å². The maximum Gasteiger partial charge on any atom is 0.228 e. The number of rotatable bonds is 6. The first-order valence-corrected chi connectivity index (χ1v) is 10.0. The summed E-state index contributed by atoms with van der Waals surface area (Å²) in [4.78, 5) is 27.9. The minimum absolute atomic E-state index is 0.00973. The lowest BCUT2D eigenvalue weighted by atomic mass is 10.1. The largest absolute Gasteiger partial charge is 0.342 e.